The second-order valence-electron chi connectivity index (χ2n) is 6.73. The molecule has 1 saturated heterocycles. The minimum absolute atomic E-state index is 0.156. The lowest BCUT2D eigenvalue weighted by Gasteiger charge is -2.41. The third-order valence-corrected chi connectivity index (χ3v) is 4.85. The number of carbonyl (C=O) groups excluding carboxylic acids is 3. The summed E-state index contributed by atoms with van der Waals surface area (Å²) in [7, 11) is 1.15. The molecule has 0 unspecified atom stereocenters. The number of hydrogen-bond donors (Lipinski definition) is 1. The molecule has 2 atom stereocenters. The maximum Gasteiger partial charge on any atom is 0.515 e. The second-order valence-corrected chi connectivity index (χ2v) is 6.73. The van der Waals surface area contributed by atoms with E-state index < -0.39 is 41.5 Å². The monoisotopic (exact) mass is 429 g/mol. The number of amides is 1. The van der Waals surface area contributed by atoms with Gasteiger partial charge in [0.2, 0.25) is 17.3 Å². The zero-order valence-electron chi connectivity index (χ0n) is 16.5. The Labute approximate surface area is 176 Å². The number of morpholine rings is 1. The number of rotatable bonds is 4. The fourth-order valence-corrected chi connectivity index (χ4v) is 3.37. The molecule has 0 saturated carbocycles. The van der Waals surface area contributed by atoms with Gasteiger partial charge in [-0.3, -0.25) is 14.3 Å². The minimum Gasteiger partial charge on any atom is -0.466 e. The quantitative estimate of drug-likeness (QED) is 0.697. The number of benzene rings is 1. The number of nitrogens with zero attached hydrogens (tertiary/aromatic N) is 2. The molecule has 2 aromatic rings. The molecule has 162 valence electrons. The Morgan fingerprint density at radius 3 is 2.71 bits per heavy atom. The van der Waals surface area contributed by atoms with Crippen LogP contribution >= 0.6 is 0 Å². The van der Waals surface area contributed by atoms with Gasteiger partial charge in [0.05, 0.1) is 20.3 Å². The van der Waals surface area contributed by atoms with Crippen LogP contribution in [0.4, 0.5) is 4.79 Å². The summed E-state index contributed by atoms with van der Waals surface area (Å²) in [5.41, 5.74) is 2.52. The van der Waals surface area contributed by atoms with E-state index in [2.05, 4.69) is 10.2 Å². The maximum absolute atomic E-state index is 13.0. The van der Waals surface area contributed by atoms with Crippen molar-refractivity contribution < 1.29 is 33.3 Å². The molecule has 1 N–H and O–H groups in total. The van der Waals surface area contributed by atoms with E-state index in [1.807, 2.05) is 0 Å². The number of carbonyl (C=O) groups is 3. The molecule has 3 heterocycles. The largest absolute Gasteiger partial charge is 0.515 e. The van der Waals surface area contributed by atoms with Gasteiger partial charge in [0.15, 0.2) is 5.69 Å². The van der Waals surface area contributed by atoms with Crippen molar-refractivity contribution in [2.75, 3.05) is 32.3 Å². The van der Waals surface area contributed by atoms with Crippen LogP contribution in [0.2, 0.25) is 0 Å². The van der Waals surface area contributed by atoms with Crippen LogP contribution < -0.4 is 15.6 Å². The van der Waals surface area contributed by atoms with E-state index in [1.54, 1.807) is 30.3 Å². The summed E-state index contributed by atoms with van der Waals surface area (Å²) < 4.78 is 21.6. The number of methoxy groups -OCH3 is 1. The zero-order valence-corrected chi connectivity index (χ0v) is 16.5. The summed E-state index contributed by atoms with van der Waals surface area (Å²) in [4.78, 5) is 51.5. The van der Waals surface area contributed by atoms with Crippen LogP contribution in [0.15, 0.2) is 47.4 Å². The first kappa shape index (κ1) is 20.4. The van der Waals surface area contributed by atoms with E-state index in [4.69, 9.17) is 14.2 Å². The predicted molar refractivity (Wildman–Crippen MR) is 104 cm³/mol. The van der Waals surface area contributed by atoms with Gasteiger partial charge < -0.3 is 29.3 Å². The summed E-state index contributed by atoms with van der Waals surface area (Å²) in [6.45, 7) is 0.923. The van der Waals surface area contributed by atoms with Gasteiger partial charge in [-0.05, 0) is 0 Å². The molecule has 1 amide bonds. The Kier molecular flexibility index (Phi) is 5.58. The predicted octanol–water partition coefficient (Wildman–Crippen LogP) is 0.634. The average molecular weight is 429 g/mol. The summed E-state index contributed by atoms with van der Waals surface area (Å²) in [5, 5.41) is 0. The number of aromatic nitrogens is 1. The number of nitrogens with one attached hydrogen (secondary N) is 1. The number of hydrogen-bond acceptors (Lipinski definition) is 9. The highest BCUT2D eigenvalue weighted by Crippen LogP contribution is 2.24. The van der Waals surface area contributed by atoms with Crippen molar-refractivity contribution in [1.29, 1.82) is 0 Å². The standard InChI is InChI=1S/C20H19N3O8/c1-28-19(26)16(12-5-3-2-4-6-12)30-20(27)31-17-13(24)7-8-23-15(17)18(25)22-9-10-29-11-14(22)21-23/h2-8,14,16,21H,9-11H2,1H3/t14-,16+/m0/s1. The highest BCUT2D eigenvalue weighted by atomic mass is 16.7. The highest BCUT2D eigenvalue weighted by Gasteiger charge is 2.38. The summed E-state index contributed by atoms with van der Waals surface area (Å²) in [6.07, 6.45) is -1.79. The lowest BCUT2D eigenvalue weighted by Crippen LogP contribution is -2.59. The van der Waals surface area contributed by atoms with Crippen LogP contribution in [0, 0.1) is 0 Å². The fraction of sp³-hybridized carbons (Fsp3) is 0.300. The minimum atomic E-state index is -1.40. The molecular weight excluding hydrogens is 410 g/mol. The number of fused-ring (bicyclic) bond motifs is 2. The molecule has 0 spiro atoms. The molecule has 2 aliphatic rings. The fourth-order valence-electron chi connectivity index (χ4n) is 3.37. The molecule has 0 bridgehead atoms. The number of esters is 1. The number of pyridine rings is 1. The molecule has 1 fully saturated rings. The molecule has 1 aromatic heterocycles. The highest BCUT2D eigenvalue weighted by molar-refractivity contribution is 5.97. The third kappa shape index (κ3) is 3.94. The molecule has 0 radical (unpaired) electrons. The summed E-state index contributed by atoms with van der Waals surface area (Å²) in [5.74, 6) is -1.84. The molecule has 11 nitrogen and oxygen atoms in total. The van der Waals surface area contributed by atoms with Crippen LogP contribution in [0.5, 0.6) is 5.75 Å². The molecule has 2 aliphatic heterocycles. The van der Waals surface area contributed by atoms with Gasteiger partial charge in [0.1, 0.15) is 6.17 Å². The number of ether oxygens (including phenoxy) is 4. The van der Waals surface area contributed by atoms with Crippen molar-refractivity contribution >= 4 is 18.0 Å². The maximum atomic E-state index is 13.0. The first-order valence-corrected chi connectivity index (χ1v) is 9.41. The van der Waals surface area contributed by atoms with E-state index in [9.17, 15) is 19.2 Å². The second kappa shape index (κ2) is 8.48. The molecule has 0 aliphatic carbocycles. The van der Waals surface area contributed by atoms with Gasteiger partial charge in [-0.15, -0.1) is 0 Å². The van der Waals surface area contributed by atoms with E-state index in [-0.39, 0.29) is 12.3 Å². The van der Waals surface area contributed by atoms with E-state index in [1.165, 1.54) is 15.8 Å². The first-order valence-electron chi connectivity index (χ1n) is 9.41. The Balaban J connectivity index is 1.61. The lowest BCUT2D eigenvalue weighted by molar-refractivity contribution is -0.151. The Morgan fingerprint density at radius 2 is 1.97 bits per heavy atom. The van der Waals surface area contributed by atoms with Crippen LogP contribution in [-0.4, -0.2) is 60.6 Å². The van der Waals surface area contributed by atoms with Crippen molar-refractivity contribution in [2.24, 2.45) is 0 Å². The van der Waals surface area contributed by atoms with Gasteiger partial charge in [0, 0.05) is 24.4 Å². The van der Waals surface area contributed by atoms with Crippen LogP contribution in [-0.2, 0) is 19.0 Å². The molecule has 31 heavy (non-hydrogen) atoms. The van der Waals surface area contributed by atoms with Gasteiger partial charge in [-0.1, -0.05) is 30.3 Å². The van der Waals surface area contributed by atoms with Crippen molar-refractivity contribution in [3.05, 3.63) is 64.1 Å². The van der Waals surface area contributed by atoms with Crippen molar-refractivity contribution in [1.82, 2.24) is 9.58 Å². The summed E-state index contributed by atoms with van der Waals surface area (Å²) in [6, 6.07) is 9.32. The van der Waals surface area contributed by atoms with E-state index >= 15 is 0 Å². The first-order chi connectivity index (χ1) is 15.0. The van der Waals surface area contributed by atoms with Crippen molar-refractivity contribution in [3.8, 4) is 5.75 Å². The molecular formula is C20H19N3O8. The molecule has 1 aromatic carbocycles. The van der Waals surface area contributed by atoms with Gasteiger partial charge in [0.25, 0.3) is 5.91 Å². The summed E-state index contributed by atoms with van der Waals surface area (Å²) >= 11 is 0. The van der Waals surface area contributed by atoms with E-state index in [0.717, 1.165) is 13.2 Å². The zero-order chi connectivity index (χ0) is 22.0. The third-order valence-electron chi connectivity index (χ3n) is 4.85. The average Bonchev–Trinajstić information content (AvgIpc) is 2.79. The van der Waals surface area contributed by atoms with E-state index in [0.29, 0.717) is 18.7 Å². The normalized spacial score (nSPS) is 18.2. The van der Waals surface area contributed by atoms with Gasteiger partial charge in [-0.2, -0.15) is 0 Å². The Bertz CT molecular complexity index is 1070. The SMILES string of the molecule is COC(=O)[C@H](OC(=O)Oc1c2n(ccc1=O)N[C@@H]1COCCN1C2=O)c1ccccc1. The molecule has 4 rings (SSSR count). The smallest absolute Gasteiger partial charge is 0.466 e. The lowest BCUT2D eigenvalue weighted by atomic mass is 10.1. The molecule has 11 heteroatoms. The van der Waals surface area contributed by atoms with Crippen molar-refractivity contribution in [2.45, 2.75) is 12.3 Å². The van der Waals surface area contributed by atoms with Crippen LogP contribution in [0.3, 0.4) is 0 Å². The van der Waals surface area contributed by atoms with Crippen LogP contribution in [0.25, 0.3) is 0 Å². The Hall–Kier alpha value is -3.86. The van der Waals surface area contributed by atoms with Crippen LogP contribution in [0.1, 0.15) is 22.2 Å². The Morgan fingerprint density at radius 1 is 1.19 bits per heavy atom. The topological polar surface area (TPSA) is 125 Å². The van der Waals surface area contributed by atoms with Crippen molar-refractivity contribution in [3.63, 3.8) is 0 Å². The van der Waals surface area contributed by atoms with Gasteiger partial charge >= 0.3 is 12.1 Å². The van der Waals surface area contributed by atoms with Gasteiger partial charge in [-0.25, -0.2) is 9.59 Å².